The van der Waals surface area contributed by atoms with Gasteiger partial charge in [0.05, 0.1) is 16.9 Å². The van der Waals surface area contributed by atoms with Crippen LogP contribution in [0.4, 0.5) is 22.0 Å². The molecule has 0 unspecified atom stereocenters. The second-order valence-corrected chi connectivity index (χ2v) is 7.83. The van der Waals surface area contributed by atoms with E-state index in [-0.39, 0.29) is 11.4 Å². The van der Waals surface area contributed by atoms with Crippen LogP contribution in [0.1, 0.15) is 29.4 Å². The molecule has 136 valence electrons. The highest BCUT2D eigenvalue weighted by Crippen LogP contribution is 2.47. The lowest BCUT2D eigenvalue weighted by atomic mass is 10.2. The van der Waals surface area contributed by atoms with Crippen molar-refractivity contribution in [1.82, 2.24) is 4.57 Å². The van der Waals surface area contributed by atoms with E-state index in [1.54, 1.807) is 0 Å². The molecule has 0 spiro atoms. The number of sulfone groups is 1. The van der Waals surface area contributed by atoms with Gasteiger partial charge in [0.25, 0.3) is 12.3 Å². The second kappa shape index (κ2) is 5.53. The topological polar surface area (TPSA) is 59.3 Å². The highest BCUT2D eigenvalue weighted by Gasteiger charge is 2.51. The van der Waals surface area contributed by atoms with Gasteiger partial charge in [-0.15, -0.1) is 0 Å². The molecule has 1 atom stereocenters. The van der Waals surface area contributed by atoms with Crippen LogP contribution in [0, 0.1) is 5.82 Å². The van der Waals surface area contributed by atoms with Crippen molar-refractivity contribution in [3.63, 3.8) is 0 Å². The fraction of sp³-hybridized carbons (Fsp3) is 0.333. The van der Waals surface area contributed by atoms with E-state index in [0.717, 1.165) is 35.2 Å². The average Bonchev–Trinajstić information content (AvgIpc) is 2.94. The molecule has 0 aliphatic heterocycles. The van der Waals surface area contributed by atoms with Gasteiger partial charge in [0.15, 0.2) is 9.84 Å². The van der Waals surface area contributed by atoms with Crippen LogP contribution in [-0.4, -0.2) is 30.3 Å². The quantitative estimate of drug-likeness (QED) is 0.831. The largest absolute Gasteiger partial charge is 0.382 e. The number of fused-ring (bicyclic) bond motifs is 1. The molecule has 1 aliphatic carbocycles. The molecule has 4 nitrogen and oxygen atoms in total. The molecule has 2 aromatic rings. The molecule has 0 radical (unpaired) electrons. The molecule has 0 bridgehead atoms. The minimum Gasteiger partial charge on any atom is -0.382 e. The maximum Gasteiger partial charge on any atom is 0.283 e. The number of aliphatic hydroxyl groups is 1. The third-order valence-corrected chi connectivity index (χ3v) is 5.21. The van der Waals surface area contributed by atoms with E-state index in [9.17, 15) is 35.5 Å². The Morgan fingerprint density at radius 1 is 1.32 bits per heavy atom. The lowest BCUT2D eigenvalue weighted by Crippen LogP contribution is -2.23. The summed E-state index contributed by atoms with van der Waals surface area (Å²) in [5.74, 6) is -4.77. The Balaban J connectivity index is 2.27. The van der Waals surface area contributed by atoms with Gasteiger partial charge in [0, 0.05) is 29.4 Å². The monoisotopic (exact) mass is 381 g/mol. The fourth-order valence-electron chi connectivity index (χ4n) is 2.91. The molecule has 1 N–H and O–H groups in total. The number of aromatic nitrogens is 1. The molecule has 1 aliphatic rings. The van der Waals surface area contributed by atoms with Gasteiger partial charge in [-0.1, -0.05) is 0 Å². The number of benzene rings is 1. The Morgan fingerprint density at radius 2 is 1.96 bits per heavy atom. The second-order valence-electron chi connectivity index (χ2n) is 5.84. The van der Waals surface area contributed by atoms with Gasteiger partial charge in [-0.25, -0.2) is 30.4 Å². The third-order valence-electron chi connectivity index (χ3n) is 4.08. The van der Waals surface area contributed by atoms with Gasteiger partial charge >= 0.3 is 0 Å². The van der Waals surface area contributed by atoms with Crippen LogP contribution < -0.4 is 0 Å². The molecule has 10 heteroatoms. The van der Waals surface area contributed by atoms with E-state index in [4.69, 9.17) is 0 Å². The van der Waals surface area contributed by atoms with Crippen molar-refractivity contribution in [3.8, 4) is 5.69 Å². The van der Waals surface area contributed by atoms with Crippen molar-refractivity contribution < 1.29 is 35.5 Å². The summed E-state index contributed by atoms with van der Waals surface area (Å²) in [7, 11) is -3.97. The summed E-state index contributed by atoms with van der Waals surface area (Å²) in [5.41, 5.74) is -1.72. The van der Waals surface area contributed by atoms with Gasteiger partial charge in [-0.3, -0.25) is 0 Å². The first-order valence-corrected chi connectivity index (χ1v) is 8.90. The zero-order chi connectivity index (χ0) is 18.7. The number of aliphatic hydroxyl groups excluding tert-OH is 1. The first-order chi connectivity index (χ1) is 11.4. The van der Waals surface area contributed by atoms with Crippen molar-refractivity contribution in [2.24, 2.45) is 0 Å². The van der Waals surface area contributed by atoms with Crippen molar-refractivity contribution in [2.45, 2.75) is 29.8 Å². The van der Waals surface area contributed by atoms with Gasteiger partial charge in [-0.05, 0) is 18.2 Å². The summed E-state index contributed by atoms with van der Waals surface area (Å²) >= 11 is 0. The van der Waals surface area contributed by atoms with Crippen LogP contribution in [0.25, 0.3) is 5.69 Å². The van der Waals surface area contributed by atoms with Crippen LogP contribution >= 0.6 is 0 Å². The van der Waals surface area contributed by atoms with E-state index in [1.807, 2.05) is 0 Å². The average molecular weight is 381 g/mol. The minimum absolute atomic E-state index is 0.104. The molecule has 0 fully saturated rings. The van der Waals surface area contributed by atoms with Gasteiger partial charge in [0.2, 0.25) is 0 Å². The molecule has 1 aromatic carbocycles. The molecule has 0 amide bonds. The van der Waals surface area contributed by atoms with E-state index in [0.29, 0.717) is 0 Å². The van der Waals surface area contributed by atoms with Gasteiger partial charge in [0.1, 0.15) is 11.9 Å². The maximum absolute atomic E-state index is 13.9. The molecule has 1 heterocycles. The predicted molar refractivity (Wildman–Crippen MR) is 77.4 cm³/mol. The maximum atomic E-state index is 13.9. The Bertz CT molecular complexity index is 952. The van der Waals surface area contributed by atoms with Crippen LogP contribution in [0.3, 0.4) is 0 Å². The lowest BCUT2D eigenvalue weighted by molar-refractivity contribution is -0.0981. The Hall–Kier alpha value is -1.94. The molecular formula is C15H12F5NO3S. The van der Waals surface area contributed by atoms with Crippen LogP contribution in [0.5, 0.6) is 0 Å². The predicted octanol–water partition coefficient (Wildman–Crippen LogP) is 3.18. The molecule has 25 heavy (non-hydrogen) atoms. The van der Waals surface area contributed by atoms with Crippen molar-refractivity contribution in [1.29, 1.82) is 0 Å². The Morgan fingerprint density at radius 3 is 2.52 bits per heavy atom. The van der Waals surface area contributed by atoms with Crippen LogP contribution in [0.15, 0.2) is 29.3 Å². The molecule has 0 saturated carbocycles. The number of hydrogen-bond donors (Lipinski definition) is 1. The molecule has 0 saturated heterocycles. The van der Waals surface area contributed by atoms with Gasteiger partial charge < -0.3 is 9.67 Å². The van der Waals surface area contributed by atoms with Crippen molar-refractivity contribution in [3.05, 3.63) is 47.0 Å². The number of alkyl halides is 4. The zero-order valence-corrected chi connectivity index (χ0v) is 13.5. The standard InChI is InChI=1S/C15H12F5NO3S/c1-25(23,24)11-6-21(10-5-15(19,20)13(22)12(10)11)7-2-3-9(16)8(4-7)14(17)18/h2-4,6,13-14,22H,5H2,1H3/t13-/m0/s1. The van der Waals surface area contributed by atoms with Crippen molar-refractivity contribution >= 4 is 9.84 Å². The van der Waals surface area contributed by atoms with Crippen molar-refractivity contribution in [2.75, 3.05) is 6.26 Å². The number of halogens is 5. The van der Waals surface area contributed by atoms with Crippen LogP contribution in [0.2, 0.25) is 0 Å². The third kappa shape index (κ3) is 2.82. The smallest absolute Gasteiger partial charge is 0.283 e. The van der Waals surface area contributed by atoms with E-state index in [1.165, 1.54) is 0 Å². The molecular weight excluding hydrogens is 369 g/mol. The lowest BCUT2D eigenvalue weighted by Gasteiger charge is -2.15. The summed E-state index contributed by atoms with van der Waals surface area (Å²) in [5, 5.41) is 9.79. The van der Waals surface area contributed by atoms with E-state index in [2.05, 4.69) is 0 Å². The summed E-state index contributed by atoms with van der Waals surface area (Å²) in [6.07, 6.45) is -4.68. The van der Waals surface area contributed by atoms with Crippen LogP contribution in [-0.2, 0) is 16.3 Å². The first kappa shape index (κ1) is 17.9. The normalized spacial score (nSPS) is 19.4. The Kier molecular flexibility index (Phi) is 3.95. The highest BCUT2D eigenvalue weighted by molar-refractivity contribution is 7.90. The van der Waals surface area contributed by atoms with Gasteiger partial charge in [-0.2, -0.15) is 0 Å². The SMILES string of the molecule is CS(=O)(=O)c1cn(-c2ccc(F)c(C(F)F)c2)c2c1[C@H](O)C(F)(F)C2. The summed E-state index contributed by atoms with van der Waals surface area (Å²) in [6, 6.07) is 2.57. The van der Waals surface area contributed by atoms with E-state index >= 15 is 0 Å². The summed E-state index contributed by atoms with van der Waals surface area (Å²) < 4.78 is 91.6. The molecule has 3 rings (SSSR count). The fourth-order valence-corrected chi connectivity index (χ4v) is 3.84. The highest BCUT2D eigenvalue weighted by atomic mass is 32.2. The number of rotatable bonds is 3. The summed E-state index contributed by atoms with van der Waals surface area (Å²) in [4.78, 5) is -0.518. The first-order valence-electron chi connectivity index (χ1n) is 7.01. The summed E-state index contributed by atoms with van der Waals surface area (Å²) in [6.45, 7) is 0. The Labute approximate surface area is 139 Å². The number of hydrogen-bond acceptors (Lipinski definition) is 3. The van der Waals surface area contributed by atoms with E-state index < -0.39 is 56.5 Å². The zero-order valence-electron chi connectivity index (χ0n) is 12.7. The minimum atomic E-state index is -3.97. The number of nitrogens with zero attached hydrogens (tertiary/aromatic N) is 1. The molecule has 1 aromatic heterocycles.